The molecule has 2 aromatic rings. The van der Waals surface area contributed by atoms with E-state index < -0.39 is 0 Å². The summed E-state index contributed by atoms with van der Waals surface area (Å²) in [5, 5.41) is 1.51. The zero-order valence-corrected chi connectivity index (χ0v) is 16.9. The molecule has 138 valence electrons. The van der Waals surface area contributed by atoms with Crippen LogP contribution in [0.5, 0.6) is 0 Å². The topological polar surface area (TPSA) is 61.2 Å². The summed E-state index contributed by atoms with van der Waals surface area (Å²) >= 11 is 8.73. The third-order valence-electron chi connectivity index (χ3n) is 3.98. The molecule has 1 atom stereocenters. The highest BCUT2D eigenvalue weighted by molar-refractivity contribution is 8.00. The lowest BCUT2D eigenvalue weighted by molar-refractivity contribution is 0.102. The third-order valence-corrected chi connectivity index (χ3v) is 6.42. The van der Waals surface area contributed by atoms with Crippen LogP contribution >= 0.6 is 35.1 Å². The van der Waals surface area contributed by atoms with Gasteiger partial charge in [0.05, 0.1) is 29.5 Å². The summed E-state index contributed by atoms with van der Waals surface area (Å²) in [5.41, 5.74) is 1.39. The highest BCUT2D eigenvalue weighted by atomic mass is 35.5. The van der Waals surface area contributed by atoms with Gasteiger partial charge in [-0.3, -0.25) is 14.2 Å². The van der Waals surface area contributed by atoms with E-state index in [9.17, 15) is 9.59 Å². The Morgan fingerprint density at radius 2 is 2.15 bits per heavy atom. The van der Waals surface area contributed by atoms with Crippen LogP contribution in [0.25, 0.3) is 0 Å². The van der Waals surface area contributed by atoms with Gasteiger partial charge in [0.25, 0.3) is 5.56 Å². The van der Waals surface area contributed by atoms with Crippen LogP contribution in [0.15, 0.2) is 39.1 Å². The number of carbonyl (C=O) groups excluding carboxylic acids is 1. The molecule has 8 heteroatoms. The molecule has 2 heterocycles. The van der Waals surface area contributed by atoms with E-state index in [-0.39, 0.29) is 17.1 Å². The lowest BCUT2D eigenvalue weighted by atomic mass is 10.1. The number of rotatable bonds is 7. The fourth-order valence-electron chi connectivity index (χ4n) is 2.67. The number of aromatic nitrogens is 2. The molecule has 0 N–H and O–H groups in total. The second-order valence-corrected chi connectivity index (χ2v) is 8.80. The molecule has 1 aromatic heterocycles. The Labute approximate surface area is 165 Å². The number of benzene rings is 1. The van der Waals surface area contributed by atoms with E-state index >= 15 is 0 Å². The normalized spacial score (nSPS) is 15.9. The number of ketones is 1. The van der Waals surface area contributed by atoms with Crippen molar-refractivity contribution in [3.8, 4) is 0 Å². The molecule has 0 fully saturated rings. The van der Waals surface area contributed by atoms with E-state index in [0.717, 1.165) is 17.0 Å². The van der Waals surface area contributed by atoms with Crippen molar-refractivity contribution in [3.05, 3.63) is 50.9 Å². The molecule has 26 heavy (non-hydrogen) atoms. The van der Waals surface area contributed by atoms with Gasteiger partial charge >= 0.3 is 0 Å². The summed E-state index contributed by atoms with van der Waals surface area (Å²) in [5.74, 6) is 0.185. The summed E-state index contributed by atoms with van der Waals surface area (Å²) < 4.78 is 6.74. The Morgan fingerprint density at radius 1 is 1.42 bits per heavy atom. The minimum Gasteiger partial charge on any atom is -0.383 e. The van der Waals surface area contributed by atoms with Crippen molar-refractivity contribution in [2.45, 2.75) is 35.2 Å². The van der Waals surface area contributed by atoms with Crippen molar-refractivity contribution in [1.82, 2.24) is 9.55 Å². The number of halogens is 1. The van der Waals surface area contributed by atoms with Gasteiger partial charge in [-0.1, -0.05) is 30.3 Å². The largest absolute Gasteiger partial charge is 0.383 e. The highest BCUT2D eigenvalue weighted by Gasteiger charge is 2.26. The number of hydrogen-bond acceptors (Lipinski definition) is 6. The van der Waals surface area contributed by atoms with Crippen molar-refractivity contribution in [2.24, 2.45) is 0 Å². The summed E-state index contributed by atoms with van der Waals surface area (Å²) in [6.07, 6.45) is 0.777. The molecule has 0 amide bonds. The van der Waals surface area contributed by atoms with E-state index in [1.54, 1.807) is 47.7 Å². The predicted molar refractivity (Wildman–Crippen MR) is 106 cm³/mol. The summed E-state index contributed by atoms with van der Waals surface area (Å²) in [6.45, 7) is 2.92. The molecule has 0 saturated heterocycles. The maximum atomic E-state index is 12.8. The standard InChI is InChI=1S/C18H19ClN2O3S2/c1-11-9-14-16(26-11)17(23)21(7-8-24-2)18(20-14)25-10-15(22)12-3-5-13(19)6-4-12/h3-6,11H,7-10H2,1-2H3/t11-/m0/s1. The lowest BCUT2D eigenvalue weighted by Gasteiger charge is -2.13. The summed E-state index contributed by atoms with van der Waals surface area (Å²) in [7, 11) is 1.60. The van der Waals surface area contributed by atoms with Crippen molar-refractivity contribution in [1.29, 1.82) is 0 Å². The Hall–Kier alpha value is -1.28. The fraction of sp³-hybridized carbons (Fsp3) is 0.389. The number of ether oxygens (including phenoxy) is 1. The number of thioether (sulfide) groups is 2. The predicted octanol–water partition coefficient (Wildman–Crippen LogP) is 3.55. The first-order valence-electron chi connectivity index (χ1n) is 8.20. The van der Waals surface area contributed by atoms with Gasteiger partial charge in [-0.2, -0.15) is 0 Å². The molecule has 3 rings (SSSR count). The molecule has 0 aliphatic carbocycles. The van der Waals surface area contributed by atoms with Gasteiger partial charge in [-0.05, 0) is 24.3 Å². The van der Waals surface area contributed by atoms with Crippen LogP contribution in [-0.4, -0.2) is 40.1 Å². The van der Waals surface area contributed by atoms with E-state index in [1.165, 1.54) is 11.8 Å². The van der Waals surface area contributed by atoms with Gasteiger partial charge in [-0.25, -0.2) is 4.98 Å². The fourth-order valence-corrected chi connectivity index (χ4v) is 4.85. The van der Waals surface area contributed by atoms with Crippen LogP contribution in [0, 0.1) is 0 Å². The van der Waals surface area contributed by atoms with Crippen LogP contribution in [0.3, 0.4) is 0 Å². The number of nitrogens with zero attached hydrogens (tertiary/aromatic N) is 2. The molecule has 0 bridgehead atoms. The minimum absolute atomic E-state index is 0.0255. The smallest absolute Gasteiger partial charge is 0.268 e. The van der Waals surface area contributed by atoms with E-state index in [2.05, 4.69) is 11.9 Å². The number of Topliss-reactive ketones (excluding diaryl/α,β-unsaturated/α-hetero) is 1. The van der Waals surface area contributed by atoms with Crippen LogP contribution < -0.4 is 5.56 Å². The SMILES string of the molecule is COCCn1c(SCC(=O)c2ccc(Cl)cc2)nc2c(c1=O)S[C@@H](C)C2. The molecular weight excluding hydrogens is 392 g/mol. The minimum atomic E-state index is -0.0390. The Bertz CT molecular complexity index is 868. The van der Waals surface area contributed by atoms with Crippen molar-refractivity contribution < 1.29 is 9.53 Å². The first-order valence-corrected chi connectivity index (χ1v) is 10.4. The monoisotopic (exact) mass is 410 g/mol. The van der Waals surface area contributed by atoms with E-state index in [4.69, 9.17) is 16.3 Å². The number of fused-ring (bicyclic) bond motifs is 1. The molecule has 5 nitrogen and oxygen atoms in total. The second kappa shape index (κ2) is 8.61. The molecule has 1 aliphatic rings. The zero-order chi connectivity index (χ0) is 18.7. The second-order valence-electron chi connectivity index (χ2n) is 5.97. The molecule has 0 radical (unpaired) electrons. The maximum Gasteiger partial charge on any atom is 0.268 e. The molecule has 0 spiro atoms. The summed E-state index contributed by atoms with van der Waals surface area (Å²) in [4.78, 5) is 30.6. The van der Waals surface area contributed by atoms with E-state index in [0.29, 0.717) is 34.1 Å². The third kappa shape index (κ3) is 4.34. The molecule has 0 saturated carbocycles. The highest BCUT2D eigenvalue weighted by Crippen LogP contribution is 2.34. The van der Waals surface area contributed by atoms with Crippen molar-refractivity contribution in [2.75, 3.05) is 19.5 Å². The molecular formula is C18H19ClN2O3S2. The van der Waals surface area contributed by atoms with Crippen molar-refractivity contribution in [3.63, 3.8) is 0 Å². The van der Waals surface area contributed by atoms with Crippen LogP contribution in [0.4, 0.5) is 0 Å². The van der Waals surface area contributed by atoms with Gasteiger partial charge in [-0.15, -0.1) is 11.8 Å². The Balaban J connectivity index is 1.83. The summed E-state index contributed by atoms with van der Waals surface area (Å²) in [6, 6.07) is 6.80. The molecule has 1 aromatic carbocycles. The van der Waals surface area contributed by atoms with Gasteiger partial charge in [0, 0.05) is 29.4 Å². The van der Waals surface area contributed by atoms with Crippen LogP contribution in [0.2, 0.25) is 5.02 Å². The first-order chi connectivity index (χ1) is 12.5. The number of carbonyl (C=O) groups is 1. The van der Waals surface area contributed by atoms with Gasteiger partial charge in [0.15, 0.2) is 10.9 Å². The van der Waals surface area contributed by atoms with Gasteiger partial charge in [0.1, 0.15) is 0 Å². The number of methoxy groups -OCH3 is 1. The average Bonchev–Trinajstić information content (AvgIpc) is 3.00. The van der Waals surface area contributed by atoms with Crippen LogP contribution in [-0.2, 0) is 17.7 Å². The first kappa shape index (κ1) is 19.5. The van der Waals surface area contributed by atoms with E-state index in [1.807, 2.05) is 0 Å². The quantitative estimate of drug-likeness (QED) is 0.395. The zero-order valence-electron chi connectivity index (χ0n) is 14.5. The lowest BCUT2D eigenvalue weighted by Crippen LogP contribution is -2.27. The molecule has 0 unspecified atom stereocenters. The van der Waals surface area contributed by atoms with Gasteiger partial charge < -0.3 is 4.74 Å². The Kier molecular flexibility index (Phi) is 6.45. The molecule has 1 aliphatic heterocycles. The van der Waals surface area contributed by atoms with Crippen LogP contribution in [0.1, 0.15) is 23.0 Å². The van der Waals surface area contributed by atoms with Gasteiger partial charge in [0.2, 0.25) is 0 Å². The Morgan fingerprint density at radius 3 is 2.85 bits per heavy atom. The number of hydrogen-bond donors (Lipinski definition) is 0. The van der Waals surface area contributed by atoms with Crippen molar-refractivity contribution >= 4 is 40.9 Å². The maximum absolute atomic E-state index is 12.8. The average molecular weight is 411 g/mol.